The number of fused-ring (bicyclic) bond motifs is 3. The second kappa shape index (κ2) is 6.06. The van der Waals surface area contributed by atoms with Gasteiger partial charge in [0.25, 0.3) is 0 Å². The summed E-state index contributed by atoms with van der Waals surface area (Å²) in [7, 11) is -6.91. The summed E-state index contributed by atoms with van der Waals surface area (Å²) in [6.07, 6.45) is 2.89. The van der Waals surface area contributed by atoms with Crippen molar-refractivity contribution in [3.05, 3.63) is 27.9 Å². The molecule has 0 bridgehead atoms. The second-order valence-corrected chi connectivity index (χ2v) is 10.4. The highest BCUT2D eigenvalue weighted by atomic mass is 35.5. The van der Waals surface area contributed by atoms with Crippen molar-refractivity contribution in [2.24, 2.45) is 0 Å². The molecule has 0 fully saturated rings. The fourth-order valence-electron chi connectivity index (χ4n) is 2.70. The number of H-pyrrole nitrogens is 1. The SMILES string of the molecule is CS(=O)(=O)CCCN1Cc2cc(Cl)c3c(Cl)c[nH]c3c2NS1(=O)=O. The van der Waals surface area contributed by atoms with Crippen molar-refractivity contribution in [1.82, 2.24) is 9.29 Å². The summed E-state index contributed by atoms with van der Waals surface area (Å²) in [5.74, 6) is -0.0715. The fraction of sp³-hybridized carbons (Fsp3) is 0.385. The smallest absolute Gasteiger partial charge is 0.302 e. The predicted octanol–water partition coefficient (Wildman–Crippen LogP) is 2.38. The quantitative estimate of drug-likeness (QED) is 0.806. The van der Waals surface area contributed by atoms with E-state index in [-0.39, 0.29) is 25.3 Å². The van der Waals surface area contributed by atoms with Crippen molar-refractivity contribution in [2.45, 2.75) is 13.0 Å². The van der Waals surface area contributed by atoms with Crippen LogP contribution in [0.1, 0.15) is 12.0 Å². The van der Waals surface area contributed by atoms with E-state index >= 15 is 0 Å². The number of halogens is 2. The first kappa shape index (κ1) is 17.8. The molecule has 132 valence electrons. The highest BCUT2D eigenvalue weighted by Gasteiger charge is 2.31. The highest BCUT2D eigenvalue weighted by molar-refractivity contribution is 7.91. The Morgan fingerprint density at radius 1 is 1.29 bits per heavy atom. The Kier molecular flexibility index (Phi) is 4.50. The Morgan fingerprint density at radius 2 is 2.00 bits per heavy atom. The van der Waals surface area contributed by atoms with Gasteiger partial charge >= 0.3 is 10.2 Å². The monoisotopic (exact) mass is 411 g/mol. The van der Waals surface area contributed by atoms with Crippen LogP contribution in [-0.4, -0.2) is 44.7 Å². The van der Waals surface area contributed by atoms with Crippen LogP contribution in [0.4, 0.5) is 5.69 Å². The highest BCUT2D eigenvalue weighted by Crippen LogP contribution is 2.40. The lowest BCUT2D eigenvalue weighted by Gasteiger charge is -2.29. The Hall–Kier alpha value is -1.00. The average molecular weight is 412 g/mol. The number of hydrogen-bond donors (Lipinski definition) is 2. The Labute approximate surface area is 150 Å². The molecule has 1 aromatic carbocycles. The van der Waals surface area contributed by atoms with Gasteiger partial charge in [-0.2, -0.15) is 12.7 Å². The molecule has 0 aliphatic carbocycles. The molecule has 2 aromatic rings. The zero-order valence-corrected chi connectivity index (χ0v) is 15.8. The van der Waals surface area contributed by atoms with Gasteiger partial charge in [0.05, 0.1) is 27.0 Å². The Bertz CT molecular complexity index is 1020. The van der Waals surface area contributed by atoms with Gasteiger partial charge in [0.2, 0.25) is 0 Å². The standard InChI is InChI=1S/C13H15Cl2N3O4S2/c1-23(19,20)4-2-3-18-7-8-5-9(14)11-10(15)6-16-13(11)12(8)17-24(18,21)22/h5-6,16-17H,2-4,7H2,1H3. The van der Waals surface area contributed by atoms with Crippen LogP contribution in [-0.2, 0) is 26.6 Å². The summed E-state index contributed by atoms with van der Waals surface area (Å²) in [6, 6.07) is 1.67. The van der Waals surface area contributed by atoms with Crippen molar-refractivity contribution in [1.29, 1.82) is 0 Å². The minimum absolute atomic E-state index is 0.0715. The van der Waals surface area contributed by atoms with Gasteiger partial charge in [-0.05, 0) is 18.1 Å². The first-order valence-corrected chi connectivity index (χ1v) is 11.3. The van der Waals surface area contributed by atoms with Crippen LogP contribution in [0, 0.1) is 0 Å². The fourth-order valence-corrected chi connectivity index (χ4v) is 5.28. The number of rotatable bonds is 4. The Morgan fingerprint density at radius 3 is 2.67 bits per heavy atom. The van der Waals surface area contributed by atoms with Gasteiger partial charge in [-0.1, -0.05) is 23.2 Å². The molecule has 1 aliphatic heterocycles. The molecule has 7 nitrogen and oxygen atoms in total. The minimum atomic E-state index is -3.77. The van der Waals surface area contributed by atoms with E-state index < -0.39 is 20.0 Å². The largest absolute Gasteiger partial charge is 0.358 e. The van der Waals surface area contributed by atoms with E-state index in [0.717, 1.165) is 6.26 Å². The van der Waals surface area contributed by atoms with Crippen LogP contribution < -0.4 is 4.72 Å². The molecule has 0 amide bonds. The van der Waals surface area contributed by atoms with Crippen molar-refractivity contribution in [3.8, 4) is 0 Å². The molecule has 2 N–H and O–H groups in total. The van der Waals surface area contributed by atoms with Gasteiger partial charge in [0.15, 0.2) is 0 Å². The lowest BCUT2D eigenvalue weighted by atomic mass is 10.1. The molecule has 0 unspecified atom stereocenters. The first-order valence-electron chi connectivity index (χ1n) is 7.02. The molecule has 24 heavy (non-hydrogen) atoms. The van der Waals surface area contributed by atoms with E-state index in [9.17, 15) is 16.8 Å². The molecule has 3 rings (SSSR count). The molecular weight excluding hydrogens is 397 g/mol. The lowest BCUT2D eigenvalue weighted by Crippen LogP contribution is -2.40. The minimum Gasteiger partial charge on any atom is -0.358 e. The summed E-state index contributed by atoms with van der Waals surface area (Å²) in [6.45, 7) is 0.212. The summed E-state index contributed by atoms with van der Waals surface area (Å²) in [4.78, 5) is 2.93. The third-order valence-electron chi connectivity index (χ3n) is 3.78. The molecule has 1 aliphatic rings. The van der Waals surface area contributed by atoms with E-state index in [0.29, 0.717) is 32.2 Å². The summed E-state index contributed by atoms with van der Waals surface area (Å²) in [5, 5.41) is 1.39. The van der Waals surface area contributed by atoms with Crippen LogP contribution in [0.15, 0.2) is 12.3 Å². The van der Waals surface area contributed by atoms with Crippen molar-refractivity contribution < 1.29 is 16.8 Å². The van der Waals surface area contributed by atoms with Crippen LogP contribution in [0.5, 0.6) is 0 Å². The number of hydrogen-bond acceptors (Lipinski definition) is 4. The van der Waals surface area contributed by atoms with E-state index in [2.05, 4.69) is 9.71 Å². The maximum absolute atomic E-state index is 12.4. The number of sulfone groups is 1. The summed E-state index contributed by atoms with van der Waals surface area (Å²) in [5.41, 5.74) is 1.64. The van der Waals surface area contributed by atoms with Crippen LogP contribution in [0.25, 0.3) is 10.9 Å². The molecule has 0 spiro atoms. The molecule has 2 heterocycles. The zero-order chi connectivity index (χ0) is 17.7. The molecule has 0 atom stereocenters. The maximum Gasteiger partial charge on any atom is 0.302 e. The third-order valence-corrected chi connectivity index (χ3v) is 6.86. The second-order valence-electron chi connectivity index (χ2n) is 5.70. The Balaban J connectivity index is 1.95. The van der Waals surface area contributed by atoms with E-state index in [1.165, 1.54) is 4.31 Å². The van der Waals surface area contributed by atoms with Crippen LogP contribution in [0.3, 0.4) is 0 Å². The van der Waals surface area contributed by atoms with Gasteiger partial charge in [-0.25, -0.2) is 8.42 Å². The number of nitrogens with zero attached hydrogens (tertiary/aromatic N) is 1. The van der Waals surface area contributed by atoms with E-state index in [1.54, 1.807) is 12.3 Å². The normalized spacial score (nSPS) is 17.6. The topological polar surface area (TPSA) is 99.3 Å². The first-order chi connectivity index (χ1) is 11.1. The molecular formula is C13H15Cl2N3O4S2. The van der Waals surface area contributed by atoms with Crippen molar-refractivity contribution >= 4 is 59.8 Å². The van der Waals surface area contributed by atoms with Gasteiger partial charge in [-0.15, -0.1) is 0 Å². The van der Waals surface area contributed by atoms with Crippen LogP contribution in [0.2, 0.25) is 10.0 Å². The zero-order valence-electron chi connectivity index (χ0n) is 12.6. The number of benzene rings is 1. The molecule has 0 saturated heterocycles. The third kappa shape index (κ3) is 3.36. The van der Waals surface area contributed by atoms with Gasteiger partial charge < -0.3 is 4.98 Å². The van der Waals surface area contributed by atoms with Gasteiger partial charge in [0, 0.05) is 30.9 Å². The lowest BCUT2D eigenvalue weighted by molar-refractivity contribution is 0.405. The number of anilines is 1. The average Bonchev–Trinajstić information content (AvgIpc) is 2.82. The van der Waals surface area contributed by atoms with Crippen molar-refractivity contribution in [2.75, 3.05) is 23.3 Å². The molecule has 0 saturated carbocycles. The number of aromatic amines is 1. The van der Waals surface area contributed by atoms with E-state index in [1.807, 2.05) is 0 Å². The van der Waals surface area contributed by atoms with Gasteiger partial charge in [0.1, 0.15) is 9.84 Å². The molecule has 11 heteroatoms. The van der Waals surface area contributed by atoms with E-state index in [4.69, 9.17) is 23.2 Å². The summed E-state index contributed by atoms with van der Waals surface area (Å²) >= 11 is 12.3. The number of nitrogens with one attached hydrogen (secondary N) is 2. The van der Waals surface area contributed by atoms with Crippen LogP contribution >= 0.6 is 23.2 Å². The summed E-state index contributed by atoms with van der Waals surface area (Å²) < 4.78 is 51.0. The molecule has 0 radical (unpaired) electrons. The molecule has 1 aromatic heterocycles. The van der Waals surface area contributed by atoms with Gasteiger partial charge in [-0.3, -0.25) is 4.72 Å². The maximum atomic E-state index is 12.4. The van der Waals surface area contributed by atoms with Crippen molar-refractivity contribution in [3.63, 3.8) is 0 Å². The predicted molar refractivity (Wildman–Crippen MR) is 95.6 cm³/mol. The number of aromatic nitrogens is 1.